The summed E-state index contributed by atoms with van der Waals surface area (Å²) in [5.41, 5.74) is 5.27. The average molecular weight is 390 g/mol. The van der Waals surface area contributed by atoms with Crippen LogP contribution >= 0.6 is 11.6 Å². The molecule has 1 atom stereocenters. The van der Waals surface area contributed by atoms with E-state index in [0.717, 1.165) is 5.56 Å². The van der Waals surface area contributed by atoms with Gasteiger partial charge in [0.25, 0.3) is 5.69 Å². The first kappa shape index (κ1) is 20.5. The Kier molecular flexibility index (Phi) is 6.65. The molecule has 8 heteroatoms. The summed E-state index contributed by atoms with van der Waals surface area (Å²) in [4.78, 5) is 22.0. The molecule has 0 saturated heterocycles. The van der Waals surface area contributed by atoms with Gasteiger partial charge in [0.1, 0.15) is 0 Å². The van der Waals surface area contributed by atoms with Crippen molar-refractivity contribution in [3.8, 4) is 0 Å². The fourth-order valence-corrected chi connectivity index (χ4v) is 2.86. The number of nitro benzene ring substituents is 1. The summed E-state index contributed by atoms with van der Waals surface area (Å²) in [5, 5.41) is 25.5. The van der Waals surface area contributed by atoms with E-state index >= 15 is 0 Å². The molecule has 2 N–H and O–H groups in total. The molecule has 0 bridgehead atoms. The van der Waals surface area contributed by atoms with Crippen LogP contribution in [0.4, 0.5) is 5.69 Å². The van der Waals surface area contributed by atoms with Crippen molar-refractivity contribution >= 4 is 28.9 Å². The molecule has 142 valence electrons. The van der Waals surface area contributed by atoms with E-state index in [0.29, 0.717) is 33.8 Å². The molecule has 2 rings (SSSR count). The number of aliphatic hydroxyl groups is 1. The van der Waals surface area contributed by atoms with E-state index in [1.165, 1.54) is 13.0 Å². The molecule has 0 aliphatic carbocycles. The predicted octanol–water partition coefficient (Wildman–Crippen LogP) is 3.37. The highest BCUT2D eigenvalue weighted by molar-refractivity contribution is 6.31. The Morgan fingerprint density at radius 2 is 2.04 bits per heavy atom. The summed E-state index contributed by atoms with van der Waals surface area (Å²) in [6.45, 7) is 4.63. The zero-order valence-electron chi connectivity index (χ0n) is 15.2. The second kappa shape index (κ2) is 8.75. The number of hydrogen-bond donors (Lipinski definition) is 2. The maximum absolute atomic E-state index is 11.4. The van der Waals surface area contributed by atoms with E-state index in [4.69, 9.17) is 11.6 Å². The molecule has 7 nitrogen and oxygen atoms in total. The highest BCUT2D eigenvalue weighted by Crippen LogP contribution is 2.25. The molecule has 2 aromatic carbocycles. The number of rotatable bonds is 6. The monoisotopic (exact) mass is 389 g/mol. The normalized spacial score (nSPS) is 12.6. The Hall–Kier alpha value is -2.77. The van der Waals surface area contributed by atoms with Crippen molar-refractivity contribution in [3.63, 3.8) is 0 Å². The third-order valence-corrected chi connectivity index (χ3v) is 4.07. The van der Waals surface area contributed by atoms with Crippen LogP contribution in [0, 0.1) is 17.0 Å². The lowest BCUT2D eigenvalue weighted by atomic mass is 9.93. The summed E-state index contributed by atoms with van der Waals surface area (Å²) in [6, 6.07) is 9.78. The highest BCUT2D eigenvalue weighted by Gasteiger charge is 2.18. The number of aliphatic hydroxyl groups excluding tert-OH is 1. The first-order valence-electron chi connectivity index (χ1n) is 8.25. The number of carbonyl (C=O) groups excluding carboxylic acids is 1. The van der Waals surface area contributed by atoms with Crippen LogP contribution in [0.3, 0.4) is 0 Å². The summed E-state index contributed by atoms with van der Waals surface area (Å²) in [5.74, 6) is -0.356. The standard InChI is InChI=1S/C19H20ClN3O4/c1-11-8-15(5-7-18(11)23(26)27)19(22-21-13(3)25)17-10-16(20)6-4-14(17)9-12(2)24/h4-8,10,12,24H,9H2,1-3H3,(H,21,25)/t12-/m0/s1. The predicted molar refractivity (Wildman–Crippen MR) is 104 cm³/mol. The van der Waals surface area contributed by atoms with Gasteiger partial charge in [-0.15, -0.1) is 0 Å². The summed E-state index contributed by atoms with van der Waals surface area (Å²) >= 11 is 6.15. The molecular weight excluding hydrogens is 370 g/mol. The lowest BCUT2D eigenvalue weighted by Crippen LogP contribution is -2.19. The third-order valence-electron chi connectivity index (χ3n) is 3.83. The van der Waals surface area contributed by atoms with Crippen LogP contribution in [-0.4, -0.2) is 27.8 Å². The molecule has 0 aliphatic heterocycles. The molecule has 2 aromatic rings. The maximum atomic E-state index is 11.4. The van der Waals surface area contributed by atoms with Crippen LogP contribution in [0.15, 0.2) is 41.5 Å². The first-order valence-corrected chi connectivity index (χ1v) is 8.63. The van der Waals surface area contributed by atoms with Crippen molar-refractivity contribution in [2.24, 2.45) is 5.10 Å². The smallest absolute Gasteiger partial charge is 0.272 e. The van der Waals surface area contributed by atoms with Gasteiger partial charge in [-0.1, -0.05) is 17.7 Å². The number of aryl methyl sites for hydroxylation is 1. The van der Waals surface area contributed by atoms with Crippen molar-refractivity contribution in [2.45, 2.75) is 33.3 Å². The number of nitrogens with one attached hydrogen (secondary N) is 1. The van der Waals surface area contributed by atoms with Gasteiger partial charge in [0, 0.05) is 34.7 Å². The molecule has 1 amide bonds. The van der Waals surface area contributed by atoms with Crippen LogP contribution in [0.2, 0.25) is 5.02 Å². The Balaban J connectivity index is 2.65. The highest BCUT2D eigenvalue weighted by atomic mass is 35.5. The average Bonchev–Trinajstić information content (AvgIpc) is 2.56. The van der Waals surface area contributed by atoms with E-state index in [2.05, 4.69) is 10.5 Å². The molecular formula is C19H20ClN3O4. The number of hydrazone groups is 1. The van der Waals surface area contributed by atoms with Crippen molar-refractivity contribution in [3.05, 3.63) is 73.8 Å². The lowest BCUT2D eigenvalue weighted by molar-refractivity contribution is -0.385. The molecule has 0 radical (unpaired) electrons. The molecule has 0 saturated carbocycles. The van der Waals surface area contributed by atoms with Gasteiger partial charge in [-0.25, -0.2) is 5.43 Å². The van der Waals surface area contributed by atoms with Crippen LogP contribution in [-0.2, 0) is 11.2 Å². The minimum Gasteiger partial charge on any atom is -0.393 e. The lowest BCUT2D eigenvalue weighted by Gasteiger charge is -2.15. The van der Waals surface area contributed by atoms with Crippen LogP contribution < -0.4 is 5.43 Å². The molecule has 0 unspecified atom stereocenters. The van der Waals surface area contributed by atoms with Crippen molar-refractivity contribution < 1.29 is 14.8 Å². The molecule has 0 spiro atoms. The number of amides is 1. The summed E-state index contributed by atoms with van der Waals surface area (Å²) in [7, 11) is 0. The van der Waals surface area contributed by atoms with Gasteiger partial charge in [0.15, 0.2) is 0 Å². The van der Waals surface area contributed by atoms with Crippen molar-refractivity contribution in [1.29, 1.82) is 0 Å². The summed E-state index contributed by atoms with van der Waals surface area (Å²) < 4.78 is 0. The van der Waals surface area contributed by atoms with Gasteiger partial charge in [0.2, 0.25) is 5.91 Å². The Morgan fingerprint density at radius 3 is 2.59 bits per heavy atom. The molecule has 0 aromatic heterocycles. The van der Waals surface area contributed by atoms with Crippen LogP contribution in [0.1, 0.15) is 36.1 Å². The maximum Gasteiger partial charge on any atom is 0.272 e. The Bertz CT molecular complexity index is 910. The first-order chi connectivity index (χ1) is 12.7. The van der Waals surface area contributed by atoms with Gasteiger partial charge in [-0.05, 0) is 50.1 Å². The van der Waals surface area contributed by atoms with Gasteiger partial charge in [-0.2, -0.15) is 5.10 Å². The molecule has 27 heavy (non-hydrogen) atoms. The zero-order valence-corrected chi connectivity index (χ0v) is 15.9. The van der Waals surface area contributed by atoms with E-state index in [9.17, 15) is 20.0 Å². The van der Waals surface area contributed by atoms with E-state index in [1.807, 2.05) is 0 Å². The summed E-state index contributed by atoms with van der Waals surface area (Å²) in [6.07, 6.45) is -0.233. The minimum atomic E-state index is -0.592. The number of carbonyl (C=O) groups is 1. The van der Waals surface area contributed by atoms with Crippen molar-refractivity contribution in [2.75, 3.05) is 0 Å². The quantitative estimate of drug-likeness (QED) is 0.449. The minimum absolute atomic E-state index is 0.00655. The molecule has 0 fully saturated rings. The van der Waals surface area contributed by atoms with Crippen LogP contribution in [0.25, 0.3) is 0 Å². The number of nitro groups is 1. The van der Waals surface area contributed by atoms with Gasteiger partial charge >= 0.3 is 0 Å². The topological polar surface area (TPSA) is 105 Å². The number of benzene rings is 2. The van der Waals surface area contributed by atoms with E-state index in [-0.39, 0.29) is 11.6 Å². The Labute approximate surface area is 161 Å². The van der Waals surface area contributed by atoms with Gasteiger partial charge in [-0.3, -0.25) is 14.9 Å². The second-order valence-corrected chi connectivity index (χ2v) is 6.68. The number of hydrogen-bond acceptors (Lipinski definition) is 5. The van der Waals surface area contributed by atoms with E-state index < -0.39 is 11.0 Å². The largest absolute Gasteiger partial charge is 0.393 e. The van der Waals surface area contributed by atoms with Crippen molar-refractivity contribution in [1.82, 2.24) is 5.43 Å². The fraction of sp³-hybridized carbons (Fsp3) is 0.263. The SMILES string of the molecule is CC(=O)NN=C(c1ccc([N+](=O)[O-])c(C)c1)c1cc(Cl)ccc1C[C@H](C)O. The molecule has 0 aliphatic rings. The third kappa shape index (κ3) is 5.35. The number of nitrogens with zero attached hydrogens (tertiary/aromatic N) is 2. The van der Waals surface area contributed by atoms with Gasteiger partial charge < -0.3 is 5.11 Å². The Morgan fingerprint density at radius 1 is 1.33 bits per heavy atom. The van der Waals surface area contributed by atoms with Crippen LogP contribution in [0.5, 0.6) is 0 Å². The van der Waals surface area contributed by atoms with Gasteiger partial charge in [0.05, 0.1) is 16.7 Å². The zero-order chi connectivity index (χ0) is 20.1. The second-order valence-electron chi connectivity index (χ2n) is 6.24. The number of halogens is 1. The van der Waals surface area contributed by atoms with E-state index in [1.54, 1.807) is 44.2 Å². The fourth-order valence-electron chi connectivity index (χ4n) is 2.69. The molecule has 0 heterocycles.